The molecule has 35 heavy (non-hydrogen) atoms. The Morgan fingerprint density at radius 3 is 2.57 bits per heavy atom. The zero-order valence-corrected chi connectivity index (χ0v) is 22.3. The van der Waals surface area contributed by atoms with Gasteiger partial charge in [0.2, 0.25) is 0 Å². The number of rotatable bonds is 13. The van der Waals surface area contributed by atoms with Crippen molar-refractivity contribution in [3.8, 4) is 5.75 Å². The number of nitrogens with zero attached hydrogens (tertiary/aromatic N) is 2. The second-order valence-electron chi connectivity index (χ2n) is 9.19. The lowest BCUT2D eigenvalue weighted by Gasteiger charge is -2.38. The summed E-state index contributed by atoms with van der Waals surface area (Å²) in [7, 11) is 3.34. The maximum absolute atomic E-state index is 14.3. The molecule has 2 aromatic rings. The predicted molar refractivity (Wildman–Crippen MR) is 139 cm³/mol. The van der Waals surface area contributed by atoms with Gasteiger partial charge in [0, 0.05) is 64.4 Å². The number of carbonyl (C=O) groups excluding carboxylic acids is 1. The molecule has 0 aliphatic carbocycles. The van der Waals surface area contributed by atoms with Crippen molar-refractivity contribution in [1.82, 2.24) is 14.8 Å². The van der Waals surface area contributed by atoms with Gasteiger partial charge in [-0.15, -0.1) is 12.4 Å². The number of hydrogen-bond acceptors (Lipinski definition) is 5. The molecular formula is C26H41ClFN3O4. The molecule has 1 amide bonds. The highest BCUT2D eigenvalue weighted by Crippen LogP contribution is 2.36. The van der Waals surface area contributed by atoms with Crippen LogP contribution < -0.4 is 10.1 Å². The molecule has 9 heteroatoms. The third kappa shape index (κ3) is 7.32. The first-order valence-electron chi connectivity index (χ1n) is 12.4. The summed E-state index contributed by atoms with van der Waals surface area (Å²) in [5.41, 5.74) is 1.32. The minimum absolute atomic E-state index is 0. The maximum Gasteiger partial charge on any atom is 0.274 e. The standard InChI is InChI=1S/C26H40FN3O4.ClH/c1-19(2)30(21-9-7-12-28-18-21)26(31)24-25(34-16-8-15-33-4)22-17-20(27)10-11-23(22)29(24)13-5-6-14-32-3;/h10-11,17,19,21,28H,5-9,12-16,18H2,1-4H3;1H/t21-;/m1./s1. The number of piperidine rings is 1. The van der Waals surface area contributed by atoms with E-state index < -0.39 is 0 Å². The van der Waals surface area contributed by atoms with E-state index in [-0.39, 0.29) is 36.2 Å². The number of hydrogen-bond donors (Lipinski definition) is 1. The van der Waals surface area contributed by atoms with Crippen LogP contribution in [0, 0.1) is 5.82 Å². The van der Waals surface area contributed by atoms with Crippen LogP contribution in [0.2, 0.25) is 0 Å². The summed E-state index contributed by atoms with van der Waals surface area (Å²) in [5.74, 6) is 0.0625. The molecule has 0 radical (unpaired) electrons. The lowest BCUT2D eigenvalue weighted by molar-refractivity contribution is 0.0557. The van der Waals surface area contributed by atoms with Gasteiger partial charge in [-0.05, 0) is 64.3 Å². The Balaban J connectivity index is 0.00000432. The second kappa shape index (κ2) is 14.6. The normalized spacial score (nSPS) is 15.9. The van der Waals surface area contributed by atoms with Gasteiger partial charge in [-0.3, -0.25) is 4.79 Å². The van der Waals surface area contributed by atoms with E-state index in [0.717, 1.165) is 44.3 Å². The van der Waals surface area contributed by atoms with Gasteiger partial charge < -0.3 is 29.0 Å². The summed E-state index contributed by atoms with van der Waals surface area (Å²) in [6.07, 6.45) is 4.39. The van der Waals surface area contributed by atoms with Crippen LogP contribution in [0.5, 0.6) is 5.75 Å². The van der Waals surface area contributed by atoms with E-state index in [4.69, 9.17) is 14.2 Å². The highest BCUT2D eigenvalue weighted by molar-refractivity contribution is 6.04. The minimum atomic E-state index is -0.345. The Morgan fingerprint density at radius 2 is 1.91 bits per heavy atom. The highest BCUT2D eigenvalue weighted by Gasteiger charge is 2.34. The molecule has 0 saturated carbocycles. The highest BCUT2D eigenvalue weighted by atomic mass is 35.5. The maximum atomic E-state index is 14.3. The molecule has 1 N–H and O–H groups in total. The van der Waals surface area contributed by atoms with E-state index in [2.05, 4.69) is 19.2 Å². The van der Waals surface area contributed by atoms with Crippen molar-refractivity contribution in [2.75, 3.05) is 47.1 Å². The number of carbonyl (C=O) groups is 1. The summed E-state index contributed by atoms with van der Waals surface area (Å²) < 4.78 is 32.9. The van der Waals surface area contributed by atoms with Crippen LogP contribution in [-0.2, 0) is 16.0 Å². The average molecular weight is 514 g/mol. The number of nitrogens with one attached hydrogen (secondary N) is 1. The van der Waals surface area contributed by atoms with E-state index in [1.54, 1.807) is 20.3 Å². The number of amides is 1. The molecule has 2 heterocycles. The van der Waals surface area contributed by atoms with E-state index in [0.29, 0.717) is 49.6 Å². The van der Waals surface area contributed by atoms with Crippen LogP contribution in [0.25, 0.3) is 10.9 Å². The van der Waals surface area contributed by atoms with Crippen LogP contribution >= 0.6 is 12.4 Å². The summed E-state index contributed by atoms with van der Waals surface area (Å²) in [6.45, 7) is 8.08. The zero-order valence-electron chi connectivity index (χ0n) is 21.5. The Kier molecular flexibility index (Phi) is 12.3. The Hall–Kier alpha value is -1.87. The Labute approximate surface area is 214 Å². The molecule has 1 fully saturated rings. The quantitative estimate of drug-likeness (QED) is 0.395. The molecule has 0 spiro atoms. The number of benzene rings is 1. The van der Waals surface area contributed by atoms with Crippen molar-refractivity contribution in [3.05, 3.63) is 29.7 Å². The van der Waals surface area contributed by atoms with Crippen LogP contribution in [-0.4, -0.2) is 74.6 Å². The van der Waals surface area contributed by atoms with Crippen molar-refractivity contribution >= 4 is 29.2 Å². The molecule has 1 aliphatic heterocycles. The van der Waals surface area contributed by atoms with E-state index in [1.807, 2.05) is 9.47 Å². The molecule has 1 aromatic carbocycles. The number of aryl methyl sites for hydroxylation is 1. The molecule has 198 valence electrons. The molecule has 1 atom stereocenters. The predicted octanol–water partition coefficient (Wildman–Crippen LogP) is 4.65. The molecule has 7 nitrogen and oxygen atoms in total. The fraction of sp³-hybridized carbons (Fsp3) is 0.654. The number of unbranched alkanes of at least 4 members (excludes halogenated alkanes) is 1. The van der Waals surface area contributed by atoms with Crippen molar-refractivity contribution in [2.45, 2.75) is 64.6 Å². The van der Waals surface area contributed by atoms with Crippen LogP contribution in [0.4, 0.5) is 4.39 Å². The number of halogens is 2. The third-order valence-electron chi connectivity index (χ3n) is 6.36. The number of ether oxygens (including phenoxy) is 3. The van der Waals surface area contributed by atoms with Crippen molar-refractivity contribution in [3.63, 3.8) is 0 Å². The van der Waals surface area contributed by atoms with Gasteiger partial charge in [-0.25, -0.2) is 4.39 Å². The van der Waals surface area contributed by atoms with Gasteiger partial charge in [-0.2, -0.15) is 0 Å². The first-order valence-corrected chi connectivity index (χ1v) is 12.4. The van der Waals surface area contributed by atoms with Gasteiger partial charge in [0.25, 0.3) is 5.91 Å². The Bertz CT molecular complexity index is 931. The molecule has 0 bridgehead atoms. The molecule has 1 aliphatic rings. The largest absolute Gasteiger partial charge is 0.490 e. The first-order chi connectivity index (χ1) is 16.5. The number of methoxy groups -OCH3 is 2. The fourth-order valence-electron chi connectivity index (χ4n) is 4.80. The van der Waals surface area contributed by atoms with Crippen molar-refractivity contribution < 1.29 is 23.4 Å². The molecule has 1 saturated heterocycles. The van der Waals surface area contributed by atoms with Crippen LogP contribution in [0.1, 0.15) is 56.4 Å². The van der Waals surface area contributed by atoms with Gasteiger partial charge >= 0.3 is 0 Å². The second-order valence-corrected chi connectivity index (χ2v) is 9.19. The molecule has 0 unspecified atom stereocenters. The summed E-state index contributed by atoms with van der Waals surface area (Å²) in [5, 5.41) is 4.06. The van der Waals surface area contributed by atoms with Crippen LogP contribution in [0.3, 0.4) is 0 Å². The summed E-state index contributed by atoms with van der Waals surface area (Å²) in [6, 6.07) is 4.81. The number of fused-ring (bicyclic) bond motifs is 1. The SMILES string of the molecule is COCCCCn1c(C(=O)N(C(C)C)[C@@H]2CCCNC2)c(OCCCOC)c2cc(F)ccc21.Cl. The van der Waals surface area contributed by atoms with Crippen LogP contribution in [0.15, 0.2) is 18.2 Å². The fourth-order valence-corrected chi connectivity index (χ4v) is 4.80. The van der Waals surface area contributed by atoms with Gasteiger partial charge in [0.15, 0.2) is 11.4 Å². The van der Waals surface area contributed by atoms with E-state index in [9.17, 15) is 9.18 Å². The number of aromatic nitrogens is 1. The topological polar surface area (TPSA) is 65.0 Å². The minimum Gasteiger partial charge on any atom is -0.490 e. The van der Waals surface area contributed by atoms with E-state index >= 15 is 0 Å². The van der Waals surface area contributed by atoms with E-state index in [1.165, 1.54) is 12.1 Å². The first kappa shape index (κ1) is 29.4. The van der Waals surface area contributed by atoms with Crippen molar-refractivity contribution in [1.29, 1.82) is 0 Å². The van der Waals surface area contributed by atoms with Gasteiger partial charge in [-0.1, -0.05) is 0 Å². The average Bonchev–Trinajstić information content (AvgIpc) is 3.12. The summed E-state index contributed by atoms with van der Waals surface area (Å²) in [4.78, 5) is 16.2. The third-order valence-corrected chi connectivity index (χ3v) is 6.36. The lowest BCUT2D eigenvalue weighted by atomic mass is 10.0. The molecular weight excluding hydrogens is 473 g/mol. The van der Waals surface area contributed by atoms with Gasteiger partial charge in [0.05, 0.1) is 12.1 Å². The molecule has 3 rings (SSSR count). The van der Waals surface area contributed by atoms with Crippen molar-refractivity contribution in [2.24, 2.45) is 0 Å². The molecule has 1 aromatic heterocycles. The Morgan fingerprint density at radius 1 is 1.17 bits per heavy atom. The monoisotopic (exact) mass is 513 g/mol. The smallest absolute Gasteiger partial charge is 0.274 e. The zero-order chi connectivity index (χ0) is 24.5. The lowest BCUT2D eigenvalue weighted by Crippen LogP contribution is -2.52. The van der Waals surface area contributed by atoms with Gasteiger partial charge in [0.1, 0.15) is 5.82 Å². The summed E-state index contributed by atoms with van der Waals surface area (Å²) >= 11 is 0.